The third-order valence-corrected chi connectivity index (χ3v) is 5.96. The van der Waals surface area contributed by atoms with Crippen molar-refractivity contribution in [2.45, 2.75) is 19.9 Å². The van der Waals surface area contributed by atoms with Crippen LogP contribution in [-0.4, -0.2) is 30.4 Å². The molecule has 2 aromatic rings. The van der Waals surface area contributed by atoms with Crippen molar-refractivity contribution in [3.05, 3.63) is 65.3 Å². The van der Waals surface area contributed by atoms with E-state index < -0.39 is 15.8 Å². The van der Waals surface area contributed by atoms with Gasteiger partial charge in [0.2, 0.25) is 0 Å². The second-order valence-corrected chi connectivity index (χ2v) is 8.45. The summed E-state index contributed by atoms with van der Waals surface area (Å²) < 4.78 is 25.0. The summed E-state index contributed by atoms with van der Waals surface area (Å²) in [7, 11) is -3.08. The zero-order valence-electron chi connectivity index (χ0n) is 13.6. The van der Waals surface area contributed by atoms with Crippen molar-refractivity contribution in [3.63, 3.8) is 0 Å². The molecule has 126 valence electrons. The number of nitrogens with zero attached hydrogens (tertiary/aromatic N) is 2. The van der Waals surface area contributed by atoms with Crippen LogP contribution in [0.5, 0.6) is 0 Å². The van der Waals surface area contributed by atoms with Crippen LogP contribution < -0.4 is 5.49 Å². The summed E-state index contributed by atoms with van der Waals surface area (Å²) in [4.78, 5) is 16.5. The molecule has 0 bridgehead atoms. The van der Waals surface area contributed by atoms with E-state index >= 15 is 0 Å². The summed E-state index contributed by atoms with van der Waals surface area (Å²) in [6.07, 6.45) is 2.24. The molecule has 3 rings (SSSR count). The van der Waals surface area contributed by atoms with Crippen LogP contribution in [0.2, 0.25) is 0 Å². The molecular weight excluding hydrogens is 324 g/mol. The van der Waals surface area contributed by atoms with Gasteiger partial charge in [0, 0.05) is 12.7 Å². The summed E-state index contributed by atoms with van der Waals surface area (Å²) >= 11 is 0. The van der Waals surface area contributed by atoms with E-state index in [1.807, 2.05) is 54.1 Å². The number of carbonyl (C=O) groups is 1. The average molecular weight is 344 g/mol. The largest absolute Gasteiger partial charge is 0.328 e. The highest BCUT2D eigenvalue weighted by Gasteiger charge is 2.32. The Bertz CT molecular complexity index is 912. The zero-order valence-corrected chi connectivity index (χ0v) is 14.4. The number of amides is 1. The molecule has 1 aliphatic heterocycles. The van der Waals surface area contributed by atoms with Crippen LogP contribution >= 0.6 is 0 Å². The van der Waals surface area contributed by atoms with Crippen molar-refractivity contribution in [1.29, 1.82) is 0 Å². The number of rotatable bonds is 3. The van der Waals surface area contributed by atoms with Crippen molar-refractivity contribution in [3.8, 4) is 0 Å². The van der Waals surface area contributed by atoms with Gasteiger partial charge in [0.05, 0.1) is 17.4 Å². The molecular formula is C18H20N2O3S. The third kappa shape index (κ3) is 4.00. The molecule has 1 atom stereocenters. The molecule has 5 nitrogen and oxygen atoms in total. The Morgan fingerprint density at radius 2 is 1.96 bits per heavy atom. The van der Waals surface area contributed by atoms with Gasteiger partial charge in [-0.25, -0.2) is 8.42 Å². The highest BCUT2D eigenvalue weighted by Crippen LogP contribution is 2.19. The molecule has 0 radical (unpaired) electrons. The standard InChI is InChI=1S/C18H20N2O3S/c1-14-5-7-15(8-6-14)12-20-10-3-2-4-17(20)19-18(21)16-9-11-24(22,23)13-16/h2-8,10,16H,9,11-13H2,1H3. The van der Waals surface area contributed by atoms with Gasteiger partial charge in [-0.1, -0.05) is 35.9 Å². The van der Waals surface area contributed by atoms with Gasteiger partial charge in [-0.15, -0.1) is 0 Å². The fraction of sp³-hybridized carbons (Fsp3) is 0.333. The van der Waals surface area contributed by atoms with E-state index in [1.165, 1.54) is 5.56 Å². The number of carbonyl (C=O) groups excluding carboxylic acids is 1. The molecule has 1 aromatic heterocycles. The quantitative estimate of drug-likeness (QED) is 0.851. The minimum absolute atomic E-state index is 0.0804. The highest BCUT2D eigenvalue weighted by molar-refractivity contribution is 7.91. The molecule has 1 saturated heterocycles. The van der Waals surface area contributed by atoms with E-state index in [-0.39, 0.29) is 17.4 Å². The van der Waals surface area contributed by atoms with Crippen LogP contribution in [0.4, 0.5) is 0 Å². The normalized spacial score (nSPS) is 20.2. The van der Waals surface area contributed by atoms with Gasteiger partial charge in [-0.3, -0.25) is 4.79 Å². The lowest BCUT2D eigenvalue weighted by Crippen LogP contribution is -2.24. The minimum atomic E-state index is -3.08. The van der Waals surface area contributed by atoms with E-state index in [0.717, 1.165) is 5.56 Å². The number of benzene rings is 1. The SMILES string of the molecule is Cc1ccc(Cn2ccccc2=NC(=O)C2CCS(=O)(=O)C2)cc1. The van der Waals surface area contributed by atoms with Crippen LogP contribution in [-0.2, 0) is 21.2 Å². The lowest BCUT2D eigenvalue weighted by molar-refractivity contribution is -0.121. The zero-order chi connectivity index (χ0) is 17.2. The first-order valence-electron chi connectivity index (χ1n) is 7.93. The number of aromatic nitrogens is 1. The van der Waals surface area contributed by atoms with Crippen LogP contribution in [0.3, 0.4) is 0 Å². The van der Waals surface area contributed by atoms with Crippen LogP contribution in [0, 0.1) is 12.8 Å². The first kappa shape index (κ1) is 16.6. The first-order valence-corrected chi connectivity index (χ1v) is 9.75. The first-order chi connectivity index (χ1) is 11.4. The van der Waals surface area contributed by atoms with Gasteiger partial charge in [0.1, 0.15) is 5.49 Å². The topological polar surface area (TPSA) is 68.5 Å². The van der Waals surface area contributed by atoms with Gasteiger partial charge in [-0.05, 0) is 31.0 Å². The summed E-state index contributed by atoms with van der Waals surface area (Å²) in [5.74, 6) is -0.861. The fourth-order valence-corrected chi connectivity index (χ4v) is 4.52. The lowest BCUT2D eigenvalue weighted by Gasteiger charge is -2.08. The van der Waals surface area contributed by atoms with Crippen molar-refractivity contribution >= 4 is 15.7 Å². The summed E-state index contributed by atoms with van der Waals surface area (Å²) in [6.45, 7) is 2.64. The predicted octanol–water partition coefficient (Wildman–Crippen LogP) is 1.71. The van der Waals surface area contributed by atoms with Crippen LogP contribution in [0.1, 0.15) is 17.5 Å². The summed E-state index contributed by atoms with van der Waals surface area (Å²) in [5.41, 5.74) is 2.86. The van der Waals surface area contributed by atoms with Gasteiger partial charge in [0.15, 0.2) is 9.84 Å². The maximum absolute atomic E-state index is 12.3. The predicted molar refractivity (Wildman–Crippen MR) is 92.0 cm³/mol. The molecule has 0 N–H and O–H groups in total. The fourth-order valence-electron chi connectivity index (χ4n) is 2.79. The van der Waals surface area contributed by atoms with Crippen LogP contribution in [0.25, 0.3) is 0 Å². The van der Waals surface area contributed by atoms with Crippen molar-refractivity contribution in [2.75, 3.05) is 11.5 Å². The van der Waals surface area contributed by atoms with E-state index in [2.05, 4.69) is 4.99 Å². The average Bonchev–Trinajstić information content (AvgIpc) is 2.92. The number of pyridine rings is 1. The van der Waals surface area contributed by atoms with E-state index in [1.54, 1.807) is 6.07 Å². The number of aryl methyl sites for hydroxylation is 1. The smallest absolute Gasteiger partial charge is 0.251 e. The Morgan fingerprint density at radius 1 is 1.21 bits per heavy atom. The molecule has 2 heterocycles. The molecule has 0 aliphatic carbocycles. The molecule has 0 spiro atoms. The monoisotopic (exact) mass is 344 g/mol. The molecule has 1 unspecified atom stereocenters. The van der Waals surface area contributed by atoms with Crippen molar-refractivity contribution in [2.24, 2.45) is 10.9 Å². The molecule has 1 amide bonds. The van der Waals surface area contributed by atoms with E-state index in [0.29, 0.717) is 18.5 Å². The highest BCUT2D eigenvalue weighted by atomic mass is 32.2. The molecule has 24 heavy (non-hydrogen) atoms. The maximum Gasteiger partial charge on any atom is 0.251 e. The number of sulfone groups is 1. The van der Waals surface area contributed by atoms with Crippen molar-refractivity contribution < 1.29 is 13.2 Å². The van der Waals surface area contributed by atoms with E-state index in [4.69, 9.17) is 0 Å². The third-order valence-electron chi connectivity index (χ3n) is 4.20. The Morgan fingerprint density at radius 3 is 2.62 bits per heavy atom. The Hall–Kier alpha value is -2.21. The van der Waals surface area contributed by atoms with Crippen LogP contribution in [0.15, 0.2) is 53.7 Å². The second-order valence-electron chi connectivity index (χ2n) is 6.22. The Balaban J connectivity index is 1.86. The molecule has 1 aliphatic rings. The van der Waals surface area contributed by atoms with E-state index in [9.17, 15) is 13.2 Å². The Kier molecular flexibility index (Phi) is 4.66. The van der Waals surface area contributed by atoms with Gasteiger partial charge in [0.25, 0.3) is 5.91 Å². The second kappa shape index (κ2) is 6.73. The number of hydrogen-bond acceptors (Lipinski definition) is 3. The van der Waals surface area contributed by atoms with Gasteiger partial charge in [-0.2, -0.15) is 4.99 Å². The maximum atomic E-state index is 12.3. The van der Waals surface area contributed by atoms with Gasteiger partial charge < -0.3 is 4.57 Å². The summed E-state index contributed by atoms with van der Waals surface area (Å²) in [5, 5.41) is 0. The molecule has 6 heteroatoms. The summed E-state index contributed by atoms with van der Waals surface area (Å²) in [6, 6.07) is 13.7. The molecule has 0 saturated carbocycles. The lowest BCUT2D eigenvalue weighted by atomic mass is 10.1. The van der Waals surface area contributed by atoms with Crippen molar-refractivity contribution in [1.82, 2.24) is 4.57 Å². The molecule has 1 aromatic carbocycles. The molecule has 1 fully saturated rings. The number of hydrogen-bond donors (Lipinski definition) is 0. The van der Waals surface area contributed by atoms with Gasteiger partial charge >= 0.3 is 0 Å². The Labute approximate surface area is 141 Å². The minimum Gasteiger partial charge on any atom is -0.328 e.